The van der Waals surface area contributed by atoms with Gasteiger partial charge in [-0.1, -0.05) is 0 Å². The summed E-state index contributed by atoms with van der Waals surface area (Å²) in [6.07, 6.45) is 0.437. The molecule has 0 aromatic carbocycles. The summed E-state index contributed by atoms with van der Waals surface area (Å²) in [5.74, 6) is 0.128. The second kappa shape index (κ2) is 3.99. The van der Waals surface area contributed by atoms with Gasteiger partial charge in [-0.3, -0.25) is 4.79 Å². The number of rotatable bonds is 3. The fourth-order valence-corrected chi connectivity index (χ4v) is 2.11. The summed E-state index contributed by atoms with van der Waals surface area (Å²) in [5, 5.41) is 1.89. The minimum Gasteiger partial charge on any atom is -0.330 e. The largest absolute Gasteiger partial charge is 0.330 e. The number of carbonyl (C=O) groups is 1. The highest BCUT2D eigenvalue weighted by Gasteiger charge is 2.06. The third kappa shape index (κ3) is 2.39. The normalized spacial score (nSPS) is 10.0. The maximum absolute atomic E-state index is 11.2. The van der Waals surface area contributed by atoms with Crippen molar-refractivity contribution >= 4 is 33.0 Å². The lowest BCUT2D eigenvalue weighted by atomic mass is 10.2. The molecule has 0 radical (unpaired) electrons. The molecule has 0 atom stereocenters. The molecule has 1 rings (SSSR count). The summed E-state index contributed by atoms with van der Waals surface area (Å²) in [6, 6.07) is 1.82. The highest BCUT2D eigenvalue weighted by Crippen LogP contribution is 2.20. The highest BCUT2D eigenvalue weighted by atomic mass is 79.9. The van der Waals surface area contributed by atoms with E-state index in [0.717, 1.165) is 9.35 Å². The van der Waals surface area contributed by atoms with E-state index in [9.17, 15) is 4.79 Å². The maximum Gasteiger partial charge on any atom is 0.174 e. The minimum absolute atomic E-state index is 0.128. The van der Waals surface area contributed by atoms with Gasteiger partial charge in [0.1, 0.15) is 0 Å². The van der Waals surface area contributed by atoms with Crippen LogP contribution in [0, 0.1) is 0 Å². The second-order valence-corrected chi connectivity index (χ2v) is 3.92. The van der Waals surface area contributed by atoms with Gasteiger partial charge in [-0.05, 0) is 28.5 Å². The van der Waals surface area contributed by atoms with E-state index >= 15 is 0 Å². The Labute approximate surface area is 77.5 Å². The Bertz CT molecular complexity index is 259. The van der Waals surface area contributed by atoms with Crippen LogP contribution in [0.5, 0.6) is 0 Å². The van der Waals surface area contributed by atoms with Gasteiger partial charge in [0.15, 0.2) is 5.78 Å². The molecule has 1 heterocycles. The maximum atomic E-state index is 11.2. The molecule has 2 N–H and O–H groups in total. The first-order chi connectivity index (χ1) is 5.24. The summed E-state index contributed by atoms with van der Waals surface area (Å²) < 4.78 is 0.961. The molecule has 1 aromatic rings. The van der Waals surface area contributed by atoms with Crippen LogP contribution in [0.15, 0.2) is 15.9 Å². The topological polar surface area (TPSA) is 43.1 Å². The van der Waals surface area contributed by atoms with E-state index in [2.05, 4.69) is 15.9 Å². The van der Waals surface area contributed by atoms with E-state index in [1.54, 1.807) is 0 Å². The van der Waals surface area contributed by atoms with Crippen LogP contribution in [0.2, 0.25) is 0 Å². The van der Waals surface area contributed by atoms with Gasteiger partial charge in [-0.25, -0.2) is 0 Å². The molecule has 0 bridgehead atoms. The predicted molar refractivity (Wildman–Crippen MR) is 50.0 cm³/mol. The van der Waals surface area contributed by atoms with Crippen LogP contribution in [-0.4, -0.2) is 12.3 Å². The quantitative estimate of drug-likeness (QED) is 0.813. The van der Waals surface area contributed by atoms with Crippen molar-refractivity contribution in [2.45, 2.75) is 6.42 Å². The van der Waals surface area contributed by atoms with Gasteiger partial charge in [0.2, 0.25) is 0 Å². The fourth-order valence-electron chi connectivity index (χ4n) is 0.714. The molecule has 60 valence electrons. The van der Waals surface area contributed by atoms with Gasteiger partial charge in [-0.15, -0.1) is 11.3 Å². The van der Waals surface area contributed by atoms with E-state index < -0.39 is 0 Å². The van der Waals surface area contributed by atoms with Crippen molar-refractivity contribution in [1.29, 1.82) is 0 Å². The number of Topliss-reactive ketones (excluding diaryl/α,β-unsaturated/α-hetero) is 1. The molecule has 0 aliphatic carbocycles. The van der Waals surface area contributed by atoms with Crippen LogP contribution < -0.4 is 5.73 Å². The van der Waals surface area contributed by atoms with Crippen molar-refractivity contribution in [3.63, 3.8) is 0 Å². The summed E-state index contributed by atoms with van der Waals surface area (Å²) in [7, 11) is 0. The Hall–Kier alpha value is -0.190. The monoisotopic (exact) mass is 233 g/mol. The van der Waals surface area contributed by atoms with Crippen LogP contribution in [0.3, 0.4) is 0 Å². The fraction of sp³-hybridized carbons (Fsp3) is 0.286. The SMILES string of the molecule is NCCC(=O)c1cc(Br)cs1. The molecule has 0 aliphatic rings. The van der Waals surface area contributed by atoms with Crippen LogP contribution >= 0.6 is 27.3 Å². The smallest absolute Gasteiger partial charge is 0.174 e. The summed E-state index contributed by atoms with van der Waals surface area (Å²) in [5.41, 5.74) is 5.25. The van der Waals surface area contributed by atoms with Crippen molar-refractivity contribution in [2.75, 3.05) is 6.54 Å². The first kappa shape index (κ1) is 8.90. The molecule has 0 amide bonds. The number of nitrogens with two attached hydrogens (primary N) is 1. The van der Waals surface area contributed by atoms with Gasteiger partial charge in [0.05, 0.1) is 4.88 Å². The van der Waals surface area contributed by atoms with Crippen molar-refractivity contribution in [3.05, 3.63) is 20.8 Å². The van der Waals surface area contributed by atoms with Crippen molar-refractivity contribution in [2.24, 2.45) is 5.73 Å². The van der Waals surface area contributed by atoms with Crippen molar-refractivity contribution in [3.8, 4) is 0 Å². The van der Waals surface area contributed by atoms with Gasteiger partial charge < -0.3 is 5.73 Å². The Morgan fingerprint density at radius 2 is 2.45 bits per heavy atom. The zero-order valence-electron chi connectivity index (χ0n) is 5.84. The van der Waals surface area contributed by atoms with Crippen LogP contribution in [-0.2, 0) is 0 Å². The van der Waals surface area contributed by atoms with Crippen LogP contribution in [0.4, 0.5) is 0 Å². The Morgan fingerprint density at radius 3 is 2.91 bits per heavy atom. The molecule has 11 heavy (non-hydrogen) atoms. The van der Waals surface area contributed by atoms with E-state index in [1.165, 1.54) is 11.3 Å². The molecular formula is C7H8BrNOS. The van der Waals surface area contributed by atoms with E-state index in [-0.39, 0.29) is 5.78 Å². The average Bonchev–Trinajstić information content (AvgIpc) is 2.36. The summed E-state index contributed by atoms with van der Waals surface area (Å²) >= 11 is 4.72. The van der Waals surface area contributed by atoms with E-state index in [0.29, 0.717) is 13.0 Å². The molecule has 0 spiro atoms. The molecule has 4 heteroatoms. The zero-order valence-corrected chi connectivity index (χ0v) is 8.24. The van der Waals surface area contributed by atoms with Crippen molar-refractivity contribution < 1.29 is 4.79 Å². The van der Waals surface area contributed by atoms with Crippen LogP contribution in [0.1, 0.15) is 16.1 Å². The van der Waals surface area contributed by atoms with E-state index in [4.69, 9.17) is 5.73 Å². The summed E-state index contributed by atoms with van der Waals surface area (Å²) in [4.78, 5) is 11.9. The van der Waals surface area contributed by atoms with Crippen LogP contribution in [0.25, 0.3) is 0 Å². The number of halogens is 1. The Balaban J connectivity index is 2.69. The lowest BCUT2D eigenvalue weighted by molar-refractivity contribution is 0.0989. The number of hydrogen-bond acceptors (Lipinski definition) is 3. The van der Waals surface area contributed by atoms with Gasteiger partial charge in [0.25, 0.3) is 0 Å². The lowest BCUT2D eigenvalue weighted by Crippen LogP contribution is -2.06. The third-order valence-electron chi connectivity index (χ3n) is 1.21. The molecule has 2 nitrogen and oxygen atoms in total. The molecule has 0 saturated heterocycles. The molecule has 1 aromatic heterocycles. The van der Waals surface area contributed by atoms with Gasteiger partial charge >= 0.3 is 0 Å². The molecule has 0 aliphatic heterocycles. The average molecular weight is 234 g/mol. The second-order valence-electron chi connectivity index (χ2n) is 2.09. The van der Waals surface area contributed by atoms with E-state index in [1.807, 2.05) is 11.4 Å². The third-order valence-corrected chi connectivity index (χ3v) is 2.95. The number of thiophene rings is 1. The first-order valence-electron chi connectivity index (χ1n) is 3.21. The van der Waals surface area contributed by atoms with Gasteiger partial charge in [0, 0.05) is 16.3 Å². The molecule has 0 fully saturated rings. The zero-order chi connectivity index (χ0) is 8.27. The molecular weight excluding hydrogens is 226 g/mol. The number of hydrogen-bond donors (Lipinski definition) is 1. The number of ketones is 1. The van der Waals surface area contributed by atoms with Crippen molar-refractivity contribution in [1.82, 2.24) is 0 Å². The Morgan fingerprint density at radius 1 is 1.73 bits per heavy atom. The lowest BCUT2D eigenvalue weighted by Gasteiger charge is -1.91. The predicted octanol–water partition coefficient (Wildman–Crippen LogP) is 2.04. The Kier molecular flexibility index (Phi) is 3.23. The molecule has 0 saturated carbocycles. The highest BCUT2D eigenvalue weighted by molar-refractivity contribution is 9.10. The number of carbonyl (C=O) groups excluding carboxylic acids is 1. The summed E-state index contributed by atoms with van der Waals surface area (Å²) in [6.45, 7) is 0.425. The first-order valence-corrected chi connectivity index (χ1v) is 4.88. The minimum atomic E-state index is 0.128. The van der Waals surface area contributed by atoms with Gasteiger partial charge in [-0.2, -0.15) is 0 Å². The molecule has 0 unspecified atom stereocenters. The standard InChI is InChI=1S/C7H8BrNOS/c8-5-3-7(11-4-5)6(10)1-2-9/h3-4H,1-2,9H2.